The normalized spacial score (nSPS) is 23.5. The fourth-order valence-corrected chi connectivity index (χ4v) is 6.26. The third-order valence-corrected chi connectivity index (χ3v) is 8.18. The molecule has 3 aliphatic heterocycles. The molecular formula is C30H19Cl3N2O4. The van der Waals surface area contributed by atoms with Crippen LogP contribution in [-0.2, 0) is 9.59 Å². The van der Waals surface area contributed by atoms with Gasteiger partial charge >= 0.3 is 0 Å². The van der Waals surface area contributed by atoms with Crippen molar-refractivity contribution in [1.82, 2.24) is 4.90 Å². The molecule has 0 aliphatic carbocycles. The van der Waals surface area contributed by atoms with Gasteiger partial charge in [-0.2, -0.15) is 0 Å². The van der Waals surface area contributed by atoms with Crippen LogP contribution in [0, 0.1) is 11.8 Å². The molecule has 9 heteroatoms. The fourth-order valence-electron chi connectivity index (χ4n) is 5.64. The van der Waals surface area contributed by atoms with E-state index in [4.69, 9.17) is 34.8 Å². The third kappa shape index (κ3) is 4.20. The zero-order valence-corrected chi connectivity index (χ0v) is 22.4. The molecule has 0 bridgehead atoms. The second-order valence-corrected chi connectivity index (χ2v) is 10.8. The molecule has 3 aromatic rings. The molecule has 0 radical (unpaired) electrons. The quantitative estimate of drug-likeness (QED) is 0.274. The summed E-state index contributed by atoms with van der Waals surface area (Å²) in [4.78, 5) is 57.7. The highest BCUT2D eigenvalue weighted by Crippen LogP contribution is 2.48. The number of hydrogen-bond donors (Lipinski definition) is 0. The van der Waals surface area contributed by atoms with E-state index in [1.165, 1.54) is 12.1 Å². The van der Waals surface area contributed by atoms with Crippen LogP contribution in [0.5, 0.6) is 0 Å². The molecule has 39 heavy (non-hydrogen) atoms. The standard InChI is InChI=1S/C30H19Cl3N2O4/c31-19-8-6-17(7-9-19)28(37)26-25-24(29(38)35(30(25)39)22-11-10-20(32)15-21(22)33)23-14-18(12-13-34(23)26)27(36)16-4-2-1-3-5-16/h1-15,23-26H/t23-,24+,25-,26+/m0/s1. The van der Waals surface area contributed by atoms with Crippen molar-refractivity contribution in [1.29, 1.82) is 0 Å². The van der Waals surface area contributed by atoms with Gasteiger partial charge in [-0.25, -0.2) is 4.90 Å². The van der Waals surface area contributed by atoms with E-state index in [9.17, 15) is 19.2 Å². The van der Waals surface area contributed by atoms with E-state index in [0.717, 1.165) is 4.90 Å². The number of carbonyl (C=O) groups is 4. The highest BCUT2D eigenvalue weighted by molar-refractivity contribution is 6.38. The van der Waals surface area contributed by atoms with Crippen molar-refractivity contribution in [2.24, 2.45) is 11.8 Å². The first-order chi connectivity index (χ1) is 18.8. The number of nitrogens with zero attached hydrogens (tertiary/aromatic N) is 2. The molecule has 3 aromatic carbocycles. The van der Waals surface area contributed by atoms with Crippen LogP contribution in [0.1, 0.15) is 20.7 Å². The van der Waals surface area contributed by atoms with Gasteiger partial charge < -0.3 is 4.90 Å². The molecule has 3 aliphatic rings. The maximum atomic E-state index is 13.9. The monoisotopic (exact) mass is 576 g/mol. The fraction of sp³-hybridized carbons (Fsp3) is 0.133. The summed E-state index contributed by atoms with van der Waals surface area (Å²) in [6.45, 7) is 0. The number of Topliss-reactive ketones (excluding diaryl/α,β-unsaturated/α-hetero) is 2. The largest absolute Gasteiger partial charge is 0.359 e. The molecule has 0 saturated carbocycles. The predicted octanol–water partition coefficient (Wildman–Crippen LogP) is 6.02. The van der Waals surface area contributed by atoms with E-state index >= 15 is 0 Å². The Bertz CT molecular complexity index is 1600. The molecule has 2 fully saturated rings. The zero-order chi connectivity index (χ0) is 27.4. The second kappa shape index (κ2) is 9.79. The van der Waals surface area contributed by atoms with Crippen molar-refractivity contribution in [3.63, 3.8) is 0 Å². The van der Waals surface area contributed by atoms with Crippen molar-refractivity contribution < 1.29 is 19.2 Å². The van der Waals surface area contributed by atoms with E-state index in [1.807, 2.05) is 6.07 Å². The number of hydrogen-bond acceptors (Lipinski definition) is 5. The highest BCUT2D eigenvalue weighted by Gasteiger charge is 2.63. The first kappa shape index (κ1) is 25.6. The average molecular weight is 578 g/mol. The van der Waals surface area contributed by atoms with E-state index in [0.29, 0.717) is 26.7 Å². The number of amides is 2. The number of benzene rings is 3. The minimum Gasteiger partial charge on any atom is -0.359 e. The molecule has 0 aromatic heterocycles. The maximum Gasteiger partial charge on any atom is 0.240 e. The first-order valence-electron chi connectivity index (χ1n) is 12.2. The molecular weight excluding hydrogens is 559 g/mol. The maximum absolute atomic E-state index is 13.9. The summed E-state index contributed by atoms with van der Waals surface area (Å²) in [5.41, 5.74) is 1.43. The number of allylic oxidation sites excluding steroid dienone is 2. The number of imide groups is 1. The van der Waals surface area contributed by atoms with Gasteiger partial charge in [-0.15, -0.1) is 0 Å². The summed E-state index contributed by atoms with van der Waals surface area (Å²) in [5.74, 6) is -3.48. The van der Waals surface area contributed by atoms with Crippen molar-refractivity contribution in [3.05, 3.63) is 123 Å². The number of carbonyl (C=O) groups excluding carboxylic acids is 4. The molecule has 6 rings (SSSR count). The van der Waals surface area contributed by atoms with Crippen LogP contribution in [0.2, 0.25) is 15.1 Å². The number of ketones is 2. The van der Waals surface area contributed by atoms with Crippen LogP contribution < -0.4 is 4.90 Å². The van der Waals surface area contributed by atoms with E-state index in [-0.39, 0.29) is 22.3 Å². The summed E-state index contributed by atoms with van der Waals surface area (Å²) < 4.78 is 0. The Morgan fingerprint density at radius 2 is 1.41 bits per heavy atom. The molecule has 6 nitrogen and oxygen atoms in total. The molecule has 0 spiro atoms. The zero-order valence-electron chi connectivity index (χ0n) is 20.1. The molecule has 0 N–H and O–H groups in total. The van der Waals surface area contributed by atoms with Crippen molar-refractivity contribution in [2.45, 2.75) is 12.1 Å². The molecule has 194 valence electrons. The molecule has 3 heterocycles. The van der Waals surface area contributed by atoms with Gasteiger partial charge in [-0.05, 0) is 48.5 Å². The van der Waals surface area contributed by atoms with Crippen LogP contribution in [0.25, 0.3) is 0 Å². The van der Waals surface area contributed by atoms with E-state index in [1.54, 1.807) is 77.8 Å². The Morgan fingerprint density at radius 3 is 2.10 bits per heavy atom. The summed E-state index contributed by atoms with van der Waals surface area (Å²) in [7, 11) is 0. The molecule has 2 amide bonds. The van der Waals surface area contributed by atoms with Crippen LogP contribution in [0.3, 0.4) is 0 Å². The lowest BCUT2D eigenvalue weighted by atomic mass is 9.85. The Morgan fingerprint density at radius 1 is 0.744 bits per heavy atom. The van der Waals surface area contributed by atoms with Gasteiger partial charge in [0.25, 0.3) is 0 Å². The van der Waals surface area contributed by atoms with Crippen LogP contribution in [-0.4, -0.2) is 40.4 Å². The van der Waals surface area contributed by atoms with Gasteiger partial charge in [0.15, 0.2) is 11.6 Å². The third-order valence-electron chi connectivity index (χ3n) is 7.39. The van der Waals surface area contributed by atoms with Gasteiger partial charge in [0.1, 0.15) is 6.04 Å². The van der Waals surface area contributed by atoms with Gasteiger partial charge in [-0.1, -0.05) is 71.2 Å². The molecule has 0 unspecified atom stereocenters. The number of rotatable bonds is 5. The Labute approximate surface area is 239 Å². The van der Waals surface area contributed by atoms with Crippen molar-refractivity contribution in [2.75, 3.05) is 4.90 Å². The molecule has 4 atom stereocenters. The highest BCUT2D eigenvalue weighted by atomic mass is 35.5. The smallest absolute Gasteiger partial charge is 0.240 e. The topological polar surface area (TPSA) is 74.8 Å². The summed E-state index contributed by atoms with van der Waals surface area (Å²) in [5, 5.41) is 0.962. The predicted molar refractivity (Wildman–Crippen MR) is 149 cm³/mol. The van der Waals surface area contributed by atoms with E-state index < -0.39 is 35.7 Å². The number of anilines is 1. The van der Waals surface area contributed by atoms with Crippen LogP contribution >= 0.6 is 34.8 Å². The van der Waals surface area contributed by atoms with Crippen molar-refractivity contribution >= 4 is 63.9 Å². The van der Waals surface area contributed by atoms with Gasteiger partial charge in [-0.3, -0.25) is 19.2 Å². The van der Waals surface area contributed by atoms with Gasteiger partial charge in [0, 0.05) is 32.9 Å². The average Bonchev–Trinajstić information content (AvgIpc) is 3.40. The van der Waals surface area contributed by atoms with Crippen LogP contribution in [0.4, 0.5) is 5.69 Å². The summed E-state index contributed by atoms with van der Waals surface area (Å²) >= 11 is 18.5. The van der Waals surface area contributed by atoms with Gasteiger partial charge in [0.05, 0.1) is 28.6 Å². The lowest BCUT2D eigenvalue weighted by Gasteiger charge is -2.33. The van der Waals surface area contributed by atoms with Crippen molar-refractivity contribution in [3.8, 4) is 0 Å². The Hall–Kier alpha value is -3.71. The van der Waals surface area contributed by atoms with Gasteiger partial charge in [0.2, 0.25) is 11.8 Å². The minimum absolute atomic E-state index is 0.139. The number of halogens is 3. The lowest BCUT2D eigenvalue weighted by Crippen LogP contribution is -2.46. The molecule has 2 saturated heterocycles. The Balaban J connectivity index is 1.44. The van der Waals surface area contributed by atoms with Crippen LogP contribution in [0.15, 0.2) is 96.7 Å². The summed E-state index contributed by atoms with van der Waals surface area (Å²) in [6, 6.07) is 18.0. The summed E-state index contributed by atoms with van der Waals surface area (Å²) in [6.07, 6.45) is 4.94. The lowest BCUT2D eigenvalue weighted by molar-refractivity contribution is -0.123. The SMILES string of the molecule is O=C(C1=C[C@H]2[C@H]3C(=O)N(c4ccc(Cl)cc4Cl)C(=O)[C@@H]3[C@H](C(=O)c3ccc(Cl)cc3)N2C=C1)c1ccccc1. The van der Waals surface area contributed by atoms with E-state index in [2.05, 4.69) is 0 Å². The minimum atomic E-state index is -0.996. The Kier molecular flexibility index (Phi) is 6.42. The number of fused-ring (bicyclic) bond motifs is 3. The first-order valence-corrected chi connectivity index (χ1v) is 13.3. The second-order valence-electron chi connectivity index (χ2n) is 9.55.